The number of benzene rings is 1. The maximum atomic E-state index is 11.2. The number of hydrogen-bond acceptors (Lipinski definition) is 2. The second-order valence-corrected chi connectivity index (χ2v) is 4.98. The molecule has 2 heterocycles. The van der Waals surface area contributed by atoms with Gasteiger partial charge in [-0.1, -0.05) is 18.2 Å². The van der Waals surface area contributed by atoms with Crippen molar-refractivity contribution >= 4 is 32.8 Å². The van der Waals surface area contributed by atoms with Gasteiger partial charge in [0.1, 0.15) is 5.76 Å². The number of carboxylic acids is 1. The Morgan fingerprint density at radius 3 is 2.74 bits per heavy atom. The van der Waals surface area contributed by atoms with Gasteiger partial charge < -0.3 is 14.1 Å². The van der Waals surface area contributed by atoms with Crippen molar-refractivity contribution in [2.45, 2.75) is 6.54 Å². The van der Waals surface area contributed by atoms with Crippen molar-refractivity contribution in [3.63, 3.8) is 0 Å². The number of para-hydroxylation sites is 1. The van der Waals surface area contributed by atoms with Crippen LogP contribution in [0.5, 0.6) is 0 Å². The molecular weight excluding hydrogens is 310 g/mol. The molecule has 2 aromatic heterocycles. The first-order chi connectivity index (χ1) is 9.15. The largest absolute Gasteiger partial charge is 0.478 e. The van der Waals surface area contributed by atoms with E-state index >= 15 is 0 Å². The molecule has 0 saturated carbocycles. The first-order valence-corrected chi connectivity index (χ1v) is 6.50. The van der Waals surface area contributed by atoms with E-state index in [1.807, 2.05) is 41.0 Å². The molecule has 3 rings (SSSR count). The van der Waals surface area contributed by atoms with E-state index < -0.39 is 5.97 Å². The number of carboxylic acid groups (broad SMARTS) is 1. The number of halogens is 1. The molecule has 0 fully saturated rings. The molecule has 0 atom stereocenters. The molecule has 0 unspecified atom stereocenters. The smallest absolute Gasteiger partial charge is 0.337 e. The van der Waals surface area contributed by atoms with E-state index in [1.165, 1.54) is 0 Å². The van der Waals surface area contributed by atoms with Crippen LogP contribution in [0.15, 0.2) is 51.7 Å². The predicted molar refractivity (Wildman–Crippen MR) is 74.4 cm³/mol. The van der Waals surface area contributed by atoms with Crippen molar-refractivity contribution in [1.29, 1.82) is 0 Å². The van der Waals surface area contributed by atoms with Gasteiger partial charge in [-0.05, 0) is 34.1 Å². The molecule has 96 valence electrons. The van der Waals surface area contributed by atoms with E-state index in [0.29, 0.717) is 16.8 Å². The summed E-state index contributed by atoms with van der Waals surface area (Å²) in [5.41, 5.74) is 1.19. The highest BCUT2D eigenvalue weighted by molar-refractivity contribution is 9.10. The summed E-state index contributed by atoms with van der Waals surface area (Å²) in [6, 6.07) is 11.1. The van der Waals surface area contributed by atoms with Gasteiger partial charge in [-0.15, -0.1) is 0 Å². The number of aromatic nitrogens is 1. The highest BCUT2D eigenvalue weighted by Crippen LogP contribution is 2.23. The molecular formula is C14H10BrNO3. The van der Waals surface area contributed by atoms with E-state index in [1.54, 1.807) is 6.20 Å². The highest BCUT2D eigenvalue weighted by atomic mass is 79.9. The number of aromatic carboxylic acids is 1. The average Bonchev–Trinajstić information content (AvgIpc) is 2.95. The molecule has 4 nitrogen and oxygen atoms in total. The Balaban J connectivity index is 2.11. The van der Waals surface area contributed by atoms with E-state index in [0.717, 1.165) is 16.7 Å². The summed E-state index contributed by atoms with van der Waals surface area (Å²) < 4.78 is 8.00. The fourth-order valence-corrected chi connectivity index (χ4v) is 2.49. The van der Waals surface area contributed by atoms with Gasteiger partial charge >= 0.3 is 5.97 Å². The molecule has 0 saturated heterocycles. The standard InChI is InChI=1S/C14H10BrNO3/c15-13-6-5-9(19-13)7-16-8-11(14(17)18)10-3-1-2-4-12(10)16/h1-6,8H,7H2,(H,17,18). The van der Waals surface area contributed by atoms with Crippen molar-refractivity contribution < 1.29 is 14.3 Å². The Morgan fingerprint density at radius 2 is 2.05 bits per heavy atom. The minimum Gasteiger partial charge on any atom is -0.478 e. The van der Waals surface area contributed by atoms with Gasteiger partial charge in [0, 0.05) is 17.1 Å². The summed E-state index contributed by atoms with van der Waals surface area (Å²) in [7, 11) is 0. The molecule has 0 amide bonds. The summed E-state index contributed by atoms with van der Waals surface area (Å²) in [5.74, 6) is -0.153. The summed E-state index contributed by atoms with van der Waals surface area (Å²) in [6.45, 7) is 0.499. The zero-order valence-corrected chi connectivity index (χ0v) is 11.4. The molecule has 1 aromatic carbocycles. The van der Waals surface area contributed by atoms with Crippen LogP contribution in [0, 0.1) is 0 Å². The topological polar surface area (TPSA) is 55.4 Å². The minimum atomic E-state index is -0.921. The lowest BCUT2D eigenvalue weighted by Crippen LogP contribution is -1.97. The number of nitrogens with zero attached hydrogens (tertiary/aromatic N) is 1. The number of carbonyl (C=O) groups is 1. The second-order valence-electron chi connectivity index (χ2n) is 4.20. The quantitative estimate of drug-likeness (QED) is 0.800. The van der Waals surface area contributed by atoms with Crippen LogP contribution in [0.2, 0.25) is 0 Å². The molecule has 0 aliphatic heterocycles. The first kappa shape index (κ1) is 12.0. The molecule has 0 spiro atoms. The molecule has 5 heteroatoms. The Kier molecular flexibility index (Phi) is 2.91. The third-order valence-electron chi connectivity index (χ3n) is 2.97. The fourth-order valence-electron chi connectivity index (χ4n) is 2.15. The van der Waals surface area contributed by atoms with Crippen LogP contribution in [0.25, 0.3) is 10.9 Å². The van der Waals surface area contributed by atoms with Crippen LogP contribution in [0.3, 0.4) is 0 Å². The van der Waals surface area contributed by atoms with Crippen LogP contribution in [0.4, 0.5) is 0 Å². The van der Waals surface area contributed by atoms with Crippen molar-refractivity contribution in [1.82, 2.24) is 4.57 Å². The van der Waals surface area contributed by atoms with Crippen molar-refractivity contribution in [3.05, 3.63) is 58.6 Å². The third kappa shape index (κ3) is 2.17. The molecule has 0 bridgehead atoms. The lowest BCUT2D eigenvalue weighted by atomic mass is 10.2. The maximum Gasteiger partial charge on any atom is 0.337 e. The van der Waals surface area contributed by atoms with Crippen molar-refractivity contribution in [2.24, 2.45) is 0 Å². The van der Waals surface area contributed by atoms with E-state index in [9.17, 15) is 9.90 Å². The molecule has 0 radical (unpaired) electrons. The van der Waals surface area contributed by atoms with Crippen LogP contribution in [-0.4, -0.2) is 15.6 Å². The Bertz CT molecular complexity index is 757. The summed E-state index contributed by atoms with van der Waals surface area (Å²) >= 11 is 3.25. The first-order valence-electron chi connectivity index (χ1n) is 5.70. The van der Waals surface area contributed by atoms with Crippen LogP contribution < -0.4 is 0 Å². The van der Waals surface area contributed by atoms with Gasteiger partial charge in [0.2, 0.25) is 0 Å². The summed E-state index contributed by atoms with van der Waals surface area (Å²) in [4.78, 5) is 11.2. The molecule has 19 heavy (non-hydrogen) atoms. The zero-order chi connectivity index (χ0) is 13.4. The van der Waals surface area contributed by atoms with Crippen LogP contribution in [0.1, 0.15) is 16.1 Å². The van der Waals surface area contributed by atoms with Gasteiger partial charge in [0.15, 0.2) is 4.67 Å². The van der Waals surface area contributed by atoms with Crippen LogP contribution in [-0.2, 0) is 6.54 Å². The normalized spacial score (nSPS) is 11.0. The van der Waals surface area contributed by atoms with Gasteiger partial charge in [-0.3, -0.25) is 0 Å². The summed E-state index contributed by atoms with van der Waals surface area (Å²) in [6.07, 6.45) is 1.64. The monoisotopic (exact) mass is 319 g/mol. The number of fused-ring (bicyclic) bond motifs is 1. The molecule has 3 aromatic rings. The second kappa shape index (κ2) is 4.59. The number of hydrogen-bond donors (Lipinski definition) is 1. The van der Waals surface area contributed by atoms with Gasteiger partial charge in [-0.25, -0.2) is 4.79 Å². The number of rotatable bonds is 3. The molecule has 0 aliphatic carbocycles. The van der Waals surface area contributed by atoms with Gasteiger partial charge in [0.25, 0.3) is 0 Å². The minimum absolute atomic E-state index is 0.307. The van der Waals surface area contributed by atoms with Crippen molar-refractivity contribution in [2.75, 3.05) is 0 Å². The number of furan rings is 1. The fraction of sp³-hybridized carbons (Fsp3) is 0.0714. The predicted octanol–water partition coefficient (Wildman–Crippen LogP) is 3.74. The molecule has 1 N–H and O–H groups in total. The van der Waals surface area contributed by atoms with E-state index in [-0.39, 0.29) is 0 Å². The van der Waals surface area contributed by atoms with Crippen LogP contribution >= 0.6 is 15.9 Å². The Hall–Kier alpha value is -2.01. The zero-order valence-electron chi connectivity index (χ0n) is 9.84. The van der Waals surface area contributed by atoms with Crippen molar-refractivity contribution in [3.8, 4) is 0 Å². The highest BCUT2D eigenvalue weighted by Gasteiger charge is 2.14. The third-order valence-corrected chi connectivity index (χ3v) is 3.40. The van der Waals surface area contributed by atoms with E-state index in [4.69, 9.17) is 4.42 Å². The maximum absolute atomic E-state index is 11.2. The SMILES string of the molecule is O=C(O)c1cn(Cc2ccc(Br)o2)c2ccccc12. The Morgan fingerprint density at radius 1 is 1.26 bits per heavy atom. The van der Waals surface area contributed by atoms with Gasteiger partial charge in [-0.2, -0.15) is 0 Å². The Labute approximate surface area is 117 Å². The lowest BCUT2D eigenvalue weighted by Gasteiger charge is -2.01. The van der Waals surface area contributed by atoms with Gasteiger partial charge in [0.05, 0.1) is 12.1 Å². The summed E-state index contributed by atoms with van der Waals surface area (Å²) in [5, 5.41) is 9.96. The average molecular weight is 320 g/mol. The molecule has 0 aliphatic rings. The lowest BCUT2D eigenvalue weighted by molar-refractivity contribution is 0.0699. The van der Waals surface area contributed by atoms with E-state index in [2.05, 4.69) is 15.9 Å².